The van der Waals surface area contributed by atoms with Crippen LogP contribution in [0.25, 0.3) is 0 Å². The van der Waals surface area contributed by atoms with Gasteiger partial charge in [0.05, 0.1) is 0 Å². The van der Waals surface area contributed by atoms with Crippen molar-refractivity contribution in [2.45, 2.75) is 26.3 Å². The summed E-state index contributed by atoms with van der Waals surface area (Å²) < 4.78 is 5.73. The summed E-state index contributed by atoms with van der Waals surface area (Å²) in [4.78, 5) is 0. The molecule has 0 aliphatic heterocycles. The van der Waals surface area contributed by atoms with Gasteiger partial charge in [0, 0.05) is 12.6 Å². The Hall–Kier alpha value is -1.28. The minimum atomic E-state index is 0.506. The zero-order chi connectivity index (χ0) is 11.8. The number of hydrogen-bond donors (Lipinski definition) is 1. The second-order valence-corrected chi connectivity index (χ2v) is 4.06. The van der Waals surface area contributed by atoms with E-state index in [2.05, 4.69) is 31.8 Å². The molecule has 88 valence electrons. The molecule has 0 radical (unpaired) electrons. The van der Waals surface area contributed by atoms with Crippen molar-refractivity contribution in [3.63, 3.8) is 0 Å². The molecule has 0 saturated heterocycles. The van der Waals surface area contributed by atoms with Crippen LogP contribution >= 0.6 is 0 Å². The van der Waals surface area contributed by atoms with Gasteiger partial charge in [-0.25, -0.2) is 0 Å². The van der Waals surface area contributed by atoms with Gasteiger partial charge in [-0.05, 0) is 18.1 Å². The van der Waals surface area contributed by atoms with Crippen LogP contribution in [0.4, 0.5) is 0 Å². The van der Waals surface area contributed by atoms with E-state index >= 15 is 0 Å². The van der Waals surface area contributed by atoms with Crippen molar-refractivity contribution in [3.8, 4) is 5.75 Å². The van der Waals surface area contributed by atoms with Crippen molar-refractivity contribution < 1.29 is 4.74 Å². The van der Waals surface area contributed by atoms with Crippen LogP contribution in [0.5, 0.6) is 5.75 Å². The Bertz CT molecular complexity index is 320. The third-order valence-electron chi connectivity index (χ3n) is 2.25. The molecule has 1 N–H and O–H groups in total. The fourth-order valence-electron chi connectivity index (χ4n) is 1.48. The highest BCUT2D eigenvalue weighted by Gasteiger charge is 2.00. The Morgan fingerprint density at radius 2 is 2.12 bits per heavy atom. The lowest BCUT2D eigenvalue weighted by atomic mass is 10.1. The average Bonchev–Trinajstić information content (AvgIpc) is 2.26. The maximum absolute atomic E-state index is 5.73. The number of rotatable bonds is 7. The lowest BCUT2D eigenvalue weighted by molar-refractivity contribution is 0.306. The fourth-order valence-corrected chi connectivity index (χ4v) is 1.48. The smallest absolute Gasteiger partial charge is 0.122 e. The molecular formula is C14H21NO. The predicted molar refractivity (Wildman–Crippen MR) is 69.0 cm³/mol. The molecular weight excluding hydrogens is 198 g/mol. The third-order valence-corrected chi connectivity index (χ3v) is 2.25. The maximum Gasteiger partial charge on any atom is 0.122 e. The first-order chi connectivity index (χ1) is 7.74. The Morgan fingerprint density at radius 3 is 2.81 bits per heavy atom. The quantitative estimate of drug-likeness (QED) is 0.562. The SMILES string of the molecule is C=CCc1ccccc1OCCNC(C)C. The van der Waals surface area contributed by atoms with E-state index in [-0.39, 0.29) is 0 Å². The standard InChI is InChI=1S/C14H21NO/c1-4-7-13-8-5-6-9-14(13)16-11-10-15-12(2)3/h4-6,8-9,12,15H,1,7,10-11H2,2-3H3. The molecule has 0 amide bonds. The molecule has 0 fully saturated rings. The molecule has 2 heteroatoms. The van der Waals surface area contributed by atoms with Crippen LogP contribution in [0.2, 0.25) is 0 Å². The van der Waals surface area contributed by atoms with Crippen LogP contribution < -0.4 is 10.1 Å². The molecule has 0 heterocycles. The molecule has 0 saturated carbocycles. The molecule has 2 nitrogen and oxygen atoms in total. The van der Waals surface area contributed by atoms with Crippen LogP contribution in [0.3, 0.4) is 0 Å². The molecule has 0 spiro atoms. The number of allylic oxidation sites excluding steroid dienone is 1. The molecule has 1 rings (SSSR count). The largest absolute Gasteiger partial charge is 0.492 e. The highest BCUT2D eigenvalue weighted by molar-refractivity contribution is 5.34. The second-order valence-electron chi connectivity index (χ2n) is 4.06. The summed E-state index contributed by atoms with van der Waals surface area (Å²) in [6, 6.07) is 8.61. The van der Waals surface area contributed by atoms with Crippen LogP contribution in [0, 0.1) is 0 Å². The molecule has 0 unspecified atom stereocenters. The van der Waals surface area contributed by atoms with Gasteiger partial charge in [0.25, 0.3) is 0 Å². The Balaban J connectivity index is 2.43. The average molecular weight is 219 g/mol. The summed E-state index contributed by atoms with van der Waals surface area (Å²) in [6.07, 6.45) is 2.75. The normalized spacial score (nSPS) is 10.4. The zero-order valence-corrected chi connectivity index (χ0v) is 10.2. The van der Waals surface area contributed by atoms with E-state index in [9.17, 15) is 0 Å². The lowest BCUT2D eigenvalue weighted by Crippen LogP contribution is -2.27. The zero-order valence-electron chi connectivity index (χ0n) is 10.2. The van der Waals surface area contributed by atoms with Gasteiger partial charge in [-0.2, -0.15) is 0 Å². The van der Waals surface area contributed by atoms with E-state index in [0.29, 0.717) is 12.6 Å². The van der Waals surface area contributed by atoms with Crippen molar-refractivity contribution in [3.05, 3.63) is 42.5 Å². The second kappa shape index (κ2) is 7.07. The summed E-state index contributed by atoms with van der Waals surface area (Å²) >= 11 is 0. The number of nitrogens with one attached hydrogen (secondary N) is 1. The summed E-state index contributed by atoms with van der Waals surface area (Å²) in [5.74, 6) is 0.966. The summed E-state index contributed by atoms with van der Waals surface area (Å²) in [5.41, 5.74) is 1.20. The fraction of sp³-hybridized carbons (Fsp3) is 0.429. The molecule has 0 aromatic heterocycles. The van der Waals surface area contributed by atoms with Gasteiger partial charge in [0.1, 0.15) is 12.4 Å². The highest BCUT2D eigenvalue weighted by atomic mass is 16.5. The molecule has 0 aliphatic rings. The molecule has 1 aromatic carbocycles. The van der Waals surface area contributed by atoms with Gasteiger partial charge in [-0.1, -0.05) is 38.1 Å². The van der Waals surface area contributed by atoms with Gasteiger partial charge < -0.3 is 10.1 Å². The summed E-state index contributed by atoms with van der Waals surface area (Å²) in [7, 11) is 0. The van der Waals surface area contributed by atoms with E-state index in [1.54, 1.807) is 0 Å². The molecule has 1 aromatic rings. The van der Waals surface area contributed by atoms with Crippen molar-refractivity contribution in [1.29, 1.82) is 0 Å². The van der Waals surface area contributed by atoms with Crippen LogP contribution in [-0.4, -0.2) is 19.2 Å². The van der Waals surface area contributed by atoms with Crippen molar-refractivity contribution in [2.75, 3.05) is 13.2 Å². The minimum Gasteiger partial charge on any atom is -0.492 e. The van der Waals surface area contributed by atoms with Gasteiger partial charge in [0.15, 0.2) is 0 Å². The Morgan fingerprint density at radius 1 is 1.38 bits per heavy atom. The van der Waals surface area contributed by atoms with Gasteiger partial charge in [-0.15, -0.1) is 6.58 Å². The predicted octanol–water partition coefficient (Wildman–Crippen LogP) is 2.79. The van der Waals surface area contributed by atoms with Crippen molar-refractivity contribution >= 4 is 0 Å². The molecule has 0 aliphatic carbocycles. The number of ether oxygens (including phenoxy) is 1. The monoisotopic (exact) mass is 219 g/mol. The Labute approximate surface area is 98.3 Å². The number of benzene rings is 1. The topological polar surface area (TPSA) is 21.3 Å². The summed E-state index contributed by atoms with van der Waals surface area (Å²) in [6.45, 7) is 9.59. The summed E-state index contributed by atoms with van der Waals surface area (Å²) in [5, 5.41) is 3.32. The van der Waals surface area contributed by atoms with Gasteiger partial charge >= 0.3 is 0 Å². The van der Waals surface area contributed by atoms with E-state index in [1.165, 1.54) is 5.56 Å². The van der Waals surface area contributed by atoms with E-state index in [0.717, 1.165) is 18.7 Å². The molecule has 0 bridgehead atoms. The van der Waals surface area contributed by atoms with Crippen molar-refractivity contribution in [1.82, 2.24) is 5.32 Å². The van der Waals surface area contributed by atoms with Gasteiger partial charge in [-0.3, -0.25) is 0 Å². The first kappa shape index (κ1) is 12.8. The van der Waals surface area contributed by atoms with Crippen LogP contribution in [-0.2, 0) is 6.42 Å². The first-order valence-electron chi connectivity index (χ1n) is 5.79. The van der Waals surface area contributed by atoms with E-state index < -0.39 is 0 Å². The van der Waals surface area contributed by atoms with Crippen LogP contribution in [0.15, 0.2) is 36.9 Å². The lowest BCUT2D eigenvalue weighted by Gasteiger charge is -2.12. The van der Waals surface area contributed by atoms with E-state index in [4.69, 9.17) is 4.74 Å². The van der Waals surface area contributed by atoms with E-state index in [1.807, 2.05) is 24.3 Å². The minimum absolute atomic E-state index is 0.506. The highest BCUT2D eigenvalue weighted by Crippen LogP contribution is 2.18. The molecule has 16 heavy (non-hydrogen) atoms. The maximum atomic E-state index is 5.73. The van der Waals surface area contributed by atoms with Crippen LogP contribution in [0.1, 0.15) is 19.4 Å². The Kier molecular flexibility index (Phi) is 5.65. The van der Waals surface area contributed by atoms with Crippen molar-refractivity contribution in [2.24, 2.45) is 0 Å². The first-order valence-corrected chi connectivity index (χ1v) is 5.79. The number of para-hydroxylation sites is 1. The molecule has 0 atom stereocenters. The van der Waals surface area contributed by atoms with Gasteiger partial charge in [0.2, 0.25) is 0 Å². The number of hydrogen-bond acceptors (Lipinski definition) is 2. The third kappa shape index (κ3) is 4.49.